The lowest BCUT2D eigenvalue weighted by molar-refractivity contribution is -0.384. The molecule has 5 heteroatoms. The van der Waals surface area contributed by atoms with Crippen molar-refractivity contribution in [2.45, 2.75) is 109 Å². The molecule has 2 aromatic rings. The van der Waals surface area contributed by atoms with Gasteiger partial charge < -0.3 is 9.64 Å². The Morgan fingerprint density at radius 1 is 0.865 bits per heavy atom. The van der Waals surface area contributed by atoms with Crippen molar-refractivity contribution in [3.8, 4) is 5.75 Å². The number of non-ortho nitro benzene ring substituents is 1. The highest BCUT2D eigenvalue weighted by Crippen LogP contribution is 2.55. The van der Waals surface area contributed by atoms with Crippen molar-refractivity contribution in [1.82, 2.24) is 0 Å². The number of anilines is 1. The number of hydrogen-bond donors (Lipinski definition) is 0. The zero-order valence-electron chi connectivity index (χ0n) is 23.0. The first-order valence-electron chi connectivity index (χ1n) is 14.4. The van der Waals surface area contributed by atoms with E-state index in [4.69, 9.17) is 4.74 Å². The molecule has 0 saturated carbocycles. The number of nitro benzene ring substituents is 1. The highest BCUT2D eigenvalue weighted by atomic mass is 16.6. The Morgan fingerprint density at radius 2 is 1.49 bits per heavy atom. The van der Waals surface area contributed by atoms with E-state index in [0.717, 1.165) is 18.5 Å². The fourth-order valence-corrected chi connectivity index (χ4v) is 6.10. The van der Waals surface area contributed by atoms with Crippen LogP contribution in [0.5, 0.6) is 5.75 Å². The third kappa shape index (κ3) is 5.71. The maximum Gasteiger partial charge on any atom is 0.270 e. The van der Waals surface area contributed by atoms with Crippen molar-refractivity contribution in [1.29, 1.82) is 0 Å². The first-order chi connectivity index (χ1) is 17.9. The van der Waals surface area contributed by atoms with Gasteiger partial charge in [-0.15, -0.1) is 0 Å². The lowest BCUT2D eigenvalue weighted by Gasteiger charge is -2.47. The zero-order valence-corrected chi connectivity index (χ0v) is 23.0. The Kier molecular flexibility index (Phi) is 8.94. The predicted octanol–water partition coefficient (Wildman–Crippen LogP) is 9.20. The Bertz CT molecular complexity index is 1090. The van der Waals surface area contributed by atoms with Crippen LogP contribution in [0.15, 0.2) is 48.5 Å². The first kappa shape index (κ1) is 27.2. The van der Waals surface area contributed by atoms with E-state index >= 15 is 0 Å². The summed E-state index contributed by atoms with van der Waals surface area (Å²) in [5.74, 6) is 0.702. The van der Waals surface area contributed by atoms with Gasteiger partial charge in [0.1, 0.15) is 5.75 Å². The fraction of sp³-hybridized carbons (Fsp3) is 0.562. The third-order valence-corrected chi connectivity index (χ3v) is 8.36. The summed E-state index contributed by atoms with van der Waals surface area (Å²) in [5.41, 5.74) is 2.42. The first-order valence-corrected chi connectivity index (χ1v) is 14.4. The number of ether oxygens (including phenoxy) is 1. The number of hydrogen-bond acceptors (Lipinski definition) is 4. The molecule has 0 N–H and O–H groups in total. The second kappa shape index (κ2) is 12.1. The van der Waals surface area contributed by atoms with Gasteiger partial charge in [0, 0.05) is 29.9 Å². The Labute approximate surface area is 223 Å². The van der Waals surface area contributed by atoms with E-state index in [2.05, 4.69) is 56.0 Å². The van der Waals surface area contributed by atoms with Crippen molar-refractivity contribution in [3.63, 3.8) is 0 Å². The van der Waals surface area contributed by atoms with Gasteiger partial charge >= 0.3 is 0 Å². The third-order valence-electron chi connectivity index (χ3n) is 8.36. The van der Waals surface area contributed by atoms with Crippen LogP contribution in [-0.4, -0.2) is 17.2 Å². The van der Waals surface area contributed by atoms with Crippen LogP contribution in [0.4, 0.5) is 11.4 Å². The number of benzene rings is 2. The molecule has 0 amide bonds. The second-order valence-corrected chi connectivity index (χ2v) is 11.3. The molecule has 0 radical (unpaired) electrons. The maximum atomic E-state index is 11.3. The smallest absolute Gasteiger partial charge is 0.270 e. The highest BCUT2D eigenvalue weighted by molar-refractivity contribution is 5.73. The summed E-state index contributed by atoms with van der Waals surface area (Å²) in [4.78, 5) is 13.3. The molecule has 5 nitrogen and oxygen atoms in total. The topological polar surface area (TPSA) is 55.6 Å². The van der Waals surface area contributed by atoms with Crippen LogP contribution in [0.2, 0.25) is 0 Å². The molecular formula is C32H44N2O3. The number of para-hydroxylation sites is 1. The predicted molar refractivity (Wildman–Crippen MR) is 153 cm³/mol. The van der Waals surface area contributed by atoms with Crippen LogP contribution in [-0.2, 0) is 5.41 Å². The van der Waals surface area contributed by atoms with E-state index in [1.54, 1.807) is 12.1 Å². The van der Waals surface area contributed by atoms with Crippen LogP contribution in [0.25, 0.3) is 6.08 Å². The van der Waals surface area contributed by atoms with Gasteiger partial charge in [0.25, 0.3) is 5.69 Å². The molecular weight excluding hydrogens is 460 g/mol. The van der Waals surface area contributed by atoms with Gasteiger partial charge in [-0.25, -0.2) is 0 Å². The zero-order chi connectivity index (χ0) is 26.3. The van der Waals surface area contributed by atoms with Crippen molar-refractivity contribution < 1.29 is 9.66 Å². The van der Waals surface area contributed by atoms with Crippen molar-refractivity contribution in [3.05, 3.63) is 69.8 Å². The highest BCUT2D eigenvalue weighted by Gasteiger charge is 2.58. The molecule has 0 bridgehead atoms. The van der Waals surface area contributed by atoms with Crippen molar-refractivity contribution in [2.24, 2.45) is 0 Å². The molecule has 200 valence electrons. The molecule has 0 saturated heterocycles. The molecule has 0 aliphatic carbocycles. The van der Waals surface area contributed by atoms with E-state index in [9.17, 15) is 10.1 Å². The van der Waals surface area contributed by atoms with Crippen LogP contribution in [0.1, 0.15) is 109 Å². The molecule has 2 aliphatic heterocycles. The van der Waals surface area contributed by atoms with Crippen LogP contribution >= 0.6 is 0 Å². The van der Waals surface area contributed by atoms with E-state index in [1.165, 1.54) is 87.9 Å². The number of unbranched alkanes of at least 4 members (excludes halogenated alkanes) is 11. The summed E-state index contributed by atoms with van der Waals surface area (Å²) in [6.45, 7) is 7.69. The van der Waals surface area contributed by atoms with E-state index in [1.807, 2.05) is 6.08 Å². The largest absolute Gasteiger partial charge is 0.463 e. The molecule has 2 aromatic carbocycles. The minimum absolute atomic E-state index is 0.0882. The molecule has 37 heavy (non-hydrogen) atoms. The Hall–Kier alpha value is -2.82. The van der Waals surface area contributed by atoms with Crippen LogP contribution in [0, 0.1) is 10.1 Å². The minimum atomic E-state index is -0.655. The van der Waals surface area contributed by atoms with Crippen molar-refractivity contribution >= 4 is 17.5 Å². The summed E-state index contributed by atoms with van der Waals surface area (Å²) in [5, 5.41) is 11.3. The van der Waals surface area contributed by atoms with Gasteiger partial charge in [0.05, 0.1) is 10.3 Å². The summed E-state index contributed by atoms with van der Waals surface area (Å²) < 4.78 is 6.80. The quantitative estimate of drug-likeness (QED) is 0.146. The van der Waals surface area contributed by atoms with Gasteiger partial charge in [-0.05, 0) is 50.1 Å². The maximum absolute atomic E-state index is 11.3. The Morgan fingerprint density at radius 3 is 2.14 bits per heavy atom. The number of rotatable bonds is 14. The SMILES string of the molecule is CCCCCCCCCCCCCCN1c2ccccc2C(C)(C)[C@@]12C=Cc1cc([N+](=O)[O-])ccc1O2. The Balaban J connectivity index is 1.37. The van der Waals surface area contributed by atoms with E-state index < -0.39 is 5.72 Å². The molecule has 1 spiro atoms. The summed E-state index contributed by atoms with van der Waals surface area (Å²) in [6, 6.07) is 13.5. The standard InChI is InChI=1S/C32H44N2O3/c1-4-5-6-7-8-9-10-11-12-13-14-17-24-33-29-19-16-15-18-28(29)31(2,3)32(33)23-22-26-25-27(34(35)36)20-21-30(26)37-32/h15-16,18-23,25H,4-14,17,24H2,1-3H3/t32-/m0/s1. The molecule has 0 aromatic heterocycles. The average molecular weight is 505 g/mol. The minimum Gasteiger partial charge on any atom is -0.463 e. The monoisotopic (exact) mass is 504 g/mol. The van der Waals surface area contributed by atoms with Gasteiger partial charge in [0.15, 0.2) is 0 Å². The lowest BCUT2D eigenvalue weighted by atomic mass is 9.76. The molecule has 2 heterocycles. The van der Waals surface area contributed by atoms with Gasteiger partial charge in [0.2, 0.25) is 5.72 Å². The van der Waals surface area contributed by atoms with Gasteiger partial charge in [-0.3, -0.25) is 10.1 Å². The second-order valence-electron chi connectivity index (χ2n) is 11.3. The number of nitrogens with zero attached hydrogens (tertiary/aromatic N) is 2. The number of nitro groups is 1. The lowest BCUT2D eigenvalue weighted by Crippen LogP contribution is -2.59. The molecule has 0 fully saturated rings. The van der Waals surface area contributed by atoms with E-state index in [-0.39, 0.29) is 16.0 Å². The molecule has 0 unspecified atom stereocenters. The van der Waals surface area contributed by atoms with Crippen LogP contribution in [0.3, 0.4) is 0 Å². The van der Waals surface area contributed by atoms with Crippen LogP contribution < -0.4 is 9.64 Å². The van der Waals surface area contributed by atoms with Crippen molar-refractivity contribution in [2.75, 3.05) is 11.4 Å². The normalized spacial score (nSPS) is 19.1. The molecule has 2 aliphatic rings. The molecule has 1 atom stereocenters. The van der Waals surface area contributed by atoms with Gasteiger partial charge in [-0.1, -0.05) is 95.8 Å². The van der Waals surface area contributed by atoms with Gasteiger partial charge in [-0.2, -0.15) is 0 Å². The summed E-state index contributed by atoms with van der Waals surface area (Å²) in [6.07, 6.45) is 20.1. The fourth-order valence-electron chi connectivity index (χ4n) is 6.10. The molecule has 4 rings (SSSR count). The number of fused-ring (bicyclic) bond motifs is 2. The summed E-state index contributed by atoms with van der Waals surface area (Å²) in [7, 11) is 0. The summed E-state index contributed by atoms with van der Waals surface area (Å²) >= 11 is 0. The average Bonchev–Trinajstić information content (AvgIpc) is 3.07. The van der Waals surface area contributed by atoms with E-state index in [0.29, 0.717) is 5.75 Å².